The minimum Gasteiger partial charge on any atom is -0.465 e. The van der Waals surface area contributed by atoms with Gasteiger partial charge in [0.2, 0.25) is 0 Å². The van der Waals surface area contributed by atoms with Gasteiger partial charge < -0.3 is 15.6 Å². The zero-order valence-corrected chi connectivity index (χ0v) is 10.3. The lowest BCUT2D eigenvalue weighted by Gasteiger charge is -2.27. The Morgan fingerprint density at radius 2 is 2.00 bits per heavy atom. The van der Waals surface area contributed by atoms with Gasteiger partial charge in [-0.3, -0.25) is 4.79 Å². The highest BCUT2D eigenvalue weighted by atomic mass is 16.5. The van der Waals surface area contributed by atoms with Gasteiger partial charge in [0.15, 0.2) is 0 Å². The molecule has 0 spiro atoms. The fraction of sp³-hybridized carbons (Fsp3) is 0.462. The number of anilines is 1. The summed E-state index contributed by atoms with van der Waals surface area (Å²) in [6.45, 7) is 3.79. The lowest BCUT2D eigenvalue weighted by molar-refractivity contribution is -0.150. The summed E-state index contributed by atoms with van der Waals surface area (Å²) in [5.74, 6) is -0.321. The van der Waals surface area contributed by atoms with E-state index in [1.807, 2.05) is 0 Å². The Hall–Kier alpha value is -1.55. The van der Waals surface area contributed by atoms with Crippen LogP contribution in [0.25, 0.3) is 0 Å². The number of hydrogen-bond acceptors (Lipinski definition) is 4. The van der Waals surface area contributed by atoms with Crippen molar-refractivity contribution in [3.05, 3.63) is 29.8 Å². The molecule has 4 nitrogen and oxygen atoms in total. The van der Waals surface area contributed by atoms with Gasteiger partial charge in [-0.15, -0.1) is 0 Å². The molecular weight excluding hydrogens is 218 g/mol. The van der Waals surface area contributed by atoms with Gasteiger partial charge in [-0.2, -0.15) is 0 Å². The van der Waals surface area contributed by atoms with E-state index in [2.05, 4.69) is 0 Å². The minimum atomic E-state index is -0.821. The van der Waals surface area contributed by atoms with E-state index in [0.29, 0.717) is 18.7 Å². The van der Waals surface area contributed by atoms with Crippen LogP contribution in [0.2, 0.25) is 0 Å². The van der Waals surface area contributed by atoms with E-state index in [0.717, 1.165) is 5.56 Å². The van der Waals surface area contributed by atoms with E-state index in [-0.39, 0.29) is 12.6 Å². The smallest absolute Gasteiger partial charge is 0.316 e. The quantitative estimate of drug-likeness (QED) is 0.601. The molecule has 1 aromatic carbocycles. The predicted molar refractivity (Wildman–Crippen MR) is 66.5 cm³/mol. The summed E-state index contributed by atoms with van der Waals surface area (Å²) in [7, 11) is 0. The van der Waals surface area contributed by atoms with Crippen LogP contribution in [-0.4, -0.2) is 24.3 Å². The number of aliphatic hydroxyl groups excluding tert-OH is 1. The Bertz CT molecular complexity index is 375. The zero-order chi connectivity index (χ0) is 12.9. The highest BCUT2D eigenvalue weighted by molar-refractivity contribution is 5.82. The number of esters is 1. The van der Waals surface area contributed by atoms with Gasteiger partial charge in [0.05, 0.1) is 12.0 Å². The Morgan fingerprint density at radius 3 is 2.47 bits per heavy atom. The first kappa shape index (κ1) is 13.5. The highest BCUT2D eigenvalue weighted by Gasteiger charge is 2.36. The number of hydrogen-bond donors (Lipinski definition) is 2. The van der Waals surface area contributed by atoms with Crippen LogP contribution in [0.15, 0.2) is 24.3 Å². The summed E-state index contributed by atoms with van der Waals surface area (Å²) in [5, 5.41) is 9.10. The molecule has 0 aliphatic rings. The van der Waals surface area contributed by atoms with Gasteiger partial charge in [-0.05, 0) is 38.0 Å². The third-order valence-corrected chi connectivity index (χ3v) is 2.89. The second-order valence-corrected chi connectivity index (χ2v) is 4.15. The third-order valence-electron chi connectivity index (χ3n) is 2.89. The largest absolute Gasteiger partial charge is 0.465 e. The van der Waals surface area contributed by atoms with Crippen molar-refractivity contribution in [2.45, 2.75) is 25.7 Å². The molecule has 3 N–H and O–H groups in total. The normalized spacial score (nSPS) is 14.1. The van der Waals surface area contributed by atoms with Crippen LogP contribution in [-0.2, 0) is 14.9 Å². The number of rotatable bonds is 5. The Balaban J connectivity index is 3.06. The summed E-state index contributed by atoms with van der Waals surface area (Å²) in [5.41, 5.74) is 6.24. The molecular formula is C13H19NO3. The van der Waals surface area contributed by atoms with Crippen molar-refractivity contribution in [3.8, 4) is 0 Å². The minimum absolute atomic E-state index is 0.0698. The second kappa shape index (κ2) is 5.68. The van der Waals surface area contributed by atoms with Crippen LogP contribution < -0.4 is 5.73 Å². The van der Waals surface area contributed by atoms with Crippen LogP contribution in [0.5, 0.6) is 0 Å². The monoisotopic (exact) mass is 237 g/mol. The van der Waals surface area contributed by atoms with Gasteiger partial charge in [-0.25, -0.2) is 0 Å². The Labute approximate surface area is 101 Å². The topological polar surface area (TPSA) is 72.5 Å². The lowest BCUT2D eigenvalue weighted by atomic mass is 9.79. The van der Waals surface area contributed by atoms with Crippen molar-refractivity contribution in [1.82, 2.24) is 0 Å². The van der Waals surface area contributed by atoms with E-state index in [9.17, 15) is 4.79 Å². The highest BCUT2D eigenvalue weighted by Crippen LogP contribution is 2.29. The number of benzene rings is 1. The van der Waals surface area contributed by atoms with Gasteiger partial charge in [0, 0.05) is 12.3 Å². The molecule has 0 fully saturated rings. The van der Waals surface area contributed by atoms with E-state index >= 15 is 0 Å². The maximum Gasteiger partial charge on any atom is 0.316 e. The van der Waals surface area contributed by atoms with E-state index in [1.54, 1.807) is 38.1 Å². The van der Waals surface area contributed by atoms with E-state index in [4.69, 9.17) is 15.6 Å². The molecule has 0 radical (unpaired) electrons. The maximum atomic E-state index is 12.0. The van der Waals surface area contributed by atoms with Crippen molar-refractivity contribution < 1.29 is 14.6 Å². The second-order valence-electron chi connectivity index (χ2n) is 4.15. The molecule has 94 valence electrons. The molecule has 1 atom stereocenters. The molecule has 0 aliphatic heterocycles. The molecule has 0 bridgehead atoms. The van der Waals surface area contributed by atoms with Crippen LogP contribution in [0.1, 0.15) is 25.8 Å². The molecule has 0 heterocycles. The molecule has 0 aromatic heterocycles. The maximum absolute atomic E-state index is 12.0. The molecule has 17 heavy (non-hydrogen) atoms. The van der Waals surface area contributed by atoms with Gasteiger partial charge >= 0.3 is 5.97 Å². The van der Waals surface area contributed by atoms with Gasteiger partial charge in [0.25, 0.3) is 0 Å². The summed E-state index contributed by atoms with van der Waals surface area (Å²) < 4.78 is 5.06. The predicted octanol–water partition coefficient (Wildman–Crippen LogP) is 1.47. The number of aliphatic hydroxyl groups is 1. The van der Waals surface area contributed by atoms with Gasteiger partial charge in [-0.1, -0.05) is 12.1 Å². The standard InChI is InChI=1S/C13H19NO3/c1-3-17-12(16)13(2,8-9-15)10-4-6-11(14)7-5-10/h4-7,15H,3,8-9,14H2,1-2H3. The first-order chi connectivity index (χ1) is 8.04. The fourth-order valence-electron chi connectivity index (χ4n) is 1.73. The molecule has 4 heteroatoms. The van der Waals surface area contributed by atoms with Crippen molar-refractivity contribution >= 4 is 11.7 Å². The summed E-state index contributed by atoms with van der Waals surface area (Å²) in [6, 6.07) is 7.07. The molecule has 1 rings (SSSR count). The van der Waals surface area contributed by atoms with Crippen molar-refractivity contribution in [2.24, 2.45) is 0 Å². The first-order valence-electron chi connectivity index (χ1n) is 5.68. The molecule has 1 unspecified atom stereocenters. The first-order valence-corrected chi connectivity index (χ1v) is 5.68. The van der Waals surface area contributed by atoms with Crippen molar-refractivity contribution in [1.29, 1.82) is 0 Å². The number of ether oxygens (including phenoxy) is 1. The number of carbonyl (C=O) groups excluding carboxylic acids is 1. The molecule has 0 aliphatic carbocycles. The molecule has 0 saturated heterocycles. The van der Waals surface area contributed by atoms with E-state index in [1.165, 1.54) is 0 Å². The lowest BCUT2D eigenvalue weighted by Crippen LogP contribution is -2.35. The van der Waals surface area contributed by atoms with E-state index < -0.39 is 5.41 Å². The molecule has 0 saturated carbocycles. The van der Waals surface area contributed by atoms with Gasteiger partial charge in [0.1, 0.15) is 0 Å². The zero-order valence-electron chi connectivity index (χ0n) is 10.3. The molecule has 1 aromatic rings. The number of nitrogens with two attached hydrogens (primary N) is 1. The molecule has 0 amide bonds. The number of nitrogen functional groups attached to an aromatic ring is 1. The third kappa shape index (κ3) is 2.97. The van der Waals surface area contributed by atoms with Crippen LogP contribution >= 0.6 is 0 Å². The van der Waals surface area contributed by atoms with Crippen molar-refractivity contribution in [2.75, 3.05) is 18.9 Å². The SMILES string of the molecule is CCOC(=O)C(C)(CCO)c1ccc(N)cc1. The summed E-state index contributed by atoms with van der Waals surface area (Å²) >= 11 is 0. The Morgan fingerprint density at radius 1 is 1.41 bits per heavy atom. The fourth-order valence-corrected chi connectivity index (χ4v) is 1.73. The van der Waals surface area contributed by atoms with Crippen LogP contribution in [0.4, 0.5) is 5.69 Å². The van der Waals surface area contributed by atoms with Crippen LogP contribution in [0.3, 0.4) is 0 Å². The van der Waals surface area contributed by atoms with Crippen molar-refractivity contribution in [3.63, 3.8) is 0 Å². The van der Waals surface area contributed by atoms with Crippen LogP contribution in [0, 0.1) is 0 Å². The summed E-state index contributed by atoms with van der Waals surface area (Å²) in [6.07, 6.45) is 0.329. The Kier molecular flexibility index (Phi) is 4.52. The summed E-state index contributed by atoms with van der Waals surface area (Å²) in [4.78, 5) is 12.0. The number of carbonyl (C=O) groups is 1. The average Bonchev–Trinajstić information content (AvgIpc) is 2.30. The average molecular weight is 237 g/mol.